The second-order valence-electron chi connectivity index (χ2n) is 5.04. The molecule has 3 fully saturated rings. The summed E-state index contributed by atoms with van der Waals surface area (Å²) in [6.45, 7) is 5.42. The van der Waals surface area contributed by atoms with Crippen LogP contribution in [0.4, 0.5) is 0 Å². The lowest BCUT2D eigenvalue weighted by Crippen LogP contribution is -2.75. The lowest BCUT2D eigenvalue weighted by Gasteiger charge is -2.71. The molecule has 3 saturated carbocycles. The van der Waals surface area contributed by atoms with Crippen LogP contribution in [0.25, 0.3) is 0 Å². The fourth-order valence-electron chi connectivity index (χ4n) is 3.22. The van der Waals surface area contributed by atoms with Crippen molar-refractivity contribution in [3.8, 4) is 0 Å². The topological polar surface area (TPSA) is 21.3 Å². The fraction of sp³-hybridized carbons (Fsp3) is 1.00. The molecule has 3 aliphatic carbocycles. The minimum absolute atomic E-state index is 0.521. The average Bonchev–Trinajstić information content (AvgIpc) is 1.79. The molecular formula is C10H19NO. The van der Waals surface area contributed by atoms with Gasteiger partial charge in [-0.15, -0.1) is 0 Å². The molecule has 1 N–H and O–H groups in total. The Balaban J connectivity index is 1.79. The molecule has 2 heteroatoms. The van der Waals surface area contributed by atoms with E-state index in [2.05, 4.69) is 19.2 Å². The molecule has 0 saturated heterocycles. The van der Waals surface area contributed by atoms with Gasteiger partial charge in [0.1, 0.15) is 0 Å². The molecule has 12 heavy (non-hydrogen) atoms. The van der Waals surface area contributed by atoms with Gasteiger partial charge in [0.2, 0.25) is 0 Å². The fourth-order valence-corrected chi connectivity index (χ4v) is 3.22. The third kappa shape index (κ3) is 1.09. The summed E-state index contributed by atoms with van der Waals surface area (Å²) in [5.41, 5.74) is 1.10. The maximum Gasteiger partial charge on any atom is 0.0520 e. The minimum atomic E-state index is 0.521. The number of rotatable bonds is 4. The Hall–Kier alpha value is -0.0800. The Labute approximate surface area is 74.7 Å². The SMILES string of the molecule is COCC12CC(NC(C)C)(C1)C2. The molecule has 0 atom stereocenters. The van der Waals surface area contributed by atoms with Gasteiger partial charge in [-0.05, 0) is 24.7 Å². The van der Waals surface area contributed by atoms with Crippen molar-refractivity contribution in [1.82, 2.24) is 5.32 Å². The van der Waals surface area contributed by atoms with Crippen molar-refractivity contribution in [1.29, 1.82) is 0 Å². The molecular weight excluding hydrogens is 150 g/mol. The molecule has 3 rings (SSSR count). The smallest absolute Gasteiger partial charge is 0.0520 e. The predicted molar refractivity (Wildman–Crippen MR) is 49.2 cm³/mol. The molecule has 0 amide bonds. The first-order valence-corrected chi connectivity index (χ1v) is 4.87. The van der Waals surface area contributed by atoms with Gasteiger partial charge in [0.25, 0.3) is 0 Å². The van der Waals surface area contributed by atoms with Crippen LogP contribution >= 0.6 is 0 Å². The third-order valence-corrected chi connectivity index (χ3v) is 3.19. The molecule has 0 heterocycles. The highest BCUT2D eigenvalue weighted by Crippen LogP contribution is 2.67. The molecule has 0 radical (unpaired) electrons. The molecule has 0 spiro atoms. The van der Waals surface area contributed by atoms with Crippen molar-refractivity contribution < 1.29 is 4.74 Å². The summed E-state index contributed by atoms with van der Waals surface area (Å²) < 4.78 is 5.21. The quantitative estimate of drug-likeness (QED) is 0.689. The van der Waals surface area contributed by atoms with E-state index < -0.39 is 0 Å². The Morgan fingerprint density at radius 2 is 1.92 bits per heavy atom. The van der Waals surface area contributed by atoms with Crippen LogP contribution in [0, 0.1) is 5.41 Å². The van der Waals surface area contributed by atoms with E-state index in [-0.39, 0.29) is 0 Å². The van der Waals surface area contributed by atoms with Crippen LogP contribution in [0.15, 0.2) is 0 Å². The Morgan fingerprint density at radius 1 is 1.33 bits per heavy atom. The van der Waals surface area contributed by atoms with E-state index in [1.54, 1.807) is 0 Å². The van der Waals surface area contributed by atoms with Gasteiger partial charge < -0.3 is 10.1 Å². The zero-order valence-corrected chi connectivity index (χ0v) is 8.31. The van der Waals surface area contributed by atoms with E-state index in [0.29, 0.717) is 17.0 Å². The number of hydrogen-bond acceptors (Lipinski definition) is 2. The summed E-state index contributed by atoms with van der Waals surface area (Å²) in [6, 6.07) is 0.630. The molecule has 0 aliphatic heterocycles. The van der Waals surface area contributed by atoms with E-state index in [4.69, 9.17) is 4.74 Å². The second-order valence-corrected chi connectivity index (χ2v) is 5.04. The van der Waals surface area contributed by atoms with Gasteiger partial charge >= 0.3 is 0 Å². The van der Waals surface area contributed by atoms with Gasteiger partial charge in [-0.3, -0.25) is 0 Å². The highest BCUT2D eigenvalue weighted by molar-refractivity contribution is 5.23. The monoisotopic (exact) mass is 169 g/mol. The zero-order valence-electron chi connectivity index (χ0n) is 8.31. The van der Waals surface area contributed by atoms with Crippen molar-refractivity contribution >= 4 is 0 Å². The highest BCUT2D eigenvalue weighted by atomic mass is 16.5. The summed E-state index contributed by atoms with van der Waals surface area (Å²) in [5.74, 6) is 0. The van der Waals surface area contributed by atoms with Crippen molar-refractivity contribution in [2.75, 3.05) is 13.7 Å². The Morgan fingerprint density at radius 3 is 2.33 bits per heavy atom. The van der Waals surface area contributed by atoms with Gasteiger partial charge in [-0.2, -0.15) is 0 Å². The average molecular weight is 169 g/mol. The first kappa shape index (κ1) is 8.52. The zero-order chi connectivity index (χ0) is 8.82. The van der Waals surface area contributed by atoms with Crippen LogP contribution in [-0.4, -0.2) is 25.3 Å². The lowest BCUT2D eigenvalue weighted by molar-refractivity contribution is -0.187. The van der Waals surface area contributed by atoms with E-state index in [9.17, 15) is 0 Å². The van der Waals surface area contributed by atoms with E-state index in [1.807, 2.05) is 7.11 Å². The summed E-state index contributed by atoms with van der Waals surface area (Å²) in [7, 11) is 1.81. The number of ether oxygens (including phenoxy) is 1. The first-order chi connectivity index (χ1) is 5.60. The van der Waals surface area contributed by atoms with Gasteiger partial charge in [-0.1, -0.05) is 13.8 Å². The van der Waals surface area contributed by atoms with Crippen LogP contribution in [0.3, 0.4) is 0 Å². The Kier molecular flexibility index (Phi) is 1.74. The molecule has 70 valence electrons. The van der Waals surface area contributed by atoms with E-state index in [0.717, 1.165) is 6.61 Å². The van der Waals surface area contributed by atoms with Crippen LogP contribution in [-0.2, 0) is 4.74 Å². The molecule has 0 unspecified atom stereocenters. The molecule has 2 nitrogen and oxygen atoms in total. The van der Waals surface area contributed by atoms with Crippen LogP contribution in [0.2, 0.25) is 0 Å². The number of hydrogen-bond donors (Lipinski definition) is 1. The van der Waals surface area contributed by atoms with Crippen LogP contribution in [0.1, 0.15) is 33.1 Å². The largest absolute Gasteiger partial charge is 0.384 e. The number of methoxy groups -OCH3 is 1. The highest BCUT2D eigenvalue weighted by Gasteiger charge is 2.67. The van der Waals surface area contributed by atoms with Crippen LogP contribution in [0.5, 0.6) is 0 Å². The summed E-state index contributed by atoms with van der Waals surface area (Å²) in [5, 5.41) is 3.65. The van der Waals surface area contributed by atoms with Gasteiger partial charge in [0.15, 0.2) is 0 Å². The van der Waals surface area contributed by atoms with Crippen molar-refractivity contribution in [2.45, 2.75) is 44.7 Å². The van der Waals surface area contributed by atoms with Gasteiger partial charge in [0.05, 0.1) is 6.61 Å². The van der Waals surface area contributed by atoms with Crippen molar-refractivity contribution in [3.05, 3.63) is 0 Å². The second kappa shape index (κ2) is 2.46. The summed E-state index contributed by atoms with van der Waals surface area (Å²) in [6.07, 6.45) is 4.02. The van der Waals surface area contributed by atoms with E-state index in [1.165, 1.54) is 19.3 Å². The number of nitrogens with one attached hydrogen (secondary N) is 1. The molecule has 0 aromatic rings. The van der Waals surface area contributed by atoms with Crippen molar-refractivity contribution in [3.63, 3.8) is 0 Å². The van der Waals surface area contributed by atoms with Crippen LogP contribution < -0.4 is 5.32 Å². The first-order valence-electron chi connectivity index (χ1n) is 4.87. The molecule has 0 aromatic carbocycles. The Bertz CT molecular complexity index is 169. The maximum absolute atomic E-state index is 5.21. The van der Waals surface area contributed by atoms with E-state index >= 15 is 0 Å². The minimum Gasteiger partial charge on any atom is -0.384 e. The van der Waals surface area contributed by atoms with Crippen molar-refractivity contribution in [2.24, 2.45) is 5.41 Å². The molecule has 2 bridgehead atoms. The predicted octanol–water partition coefficient (Wildman–Crippen LogP) is 1.55. The standard InChI is InChI=1S/C10H19NO/c1-8(2)11-10-4-9(5-10,6-10)7-12-3/h8,11H,4-7H2,1-3H3. The summed E-state index contributed by atoms with van der Waals surface area (Å²) >= 11 is 0. The summed E-state index contributed by atoms with van der Waals surface area (Å²) in [4.78, 5) is 0. The molecule has 3 aliphatic rings. The lowest BCUT2D eigenvalue weighted by atomic mass is 9.39. The van der Waals surface area contributed by atoms with Gasteiger partial charge in [0, 0.05) is 18.7 Å². The third-order valence-electron chi connectivity index (χ3n) is 3.19. The van der Waals surface area contributed by atoms with Gasteiger partial charge in [-0.25, -0.2) is 0 Å². The maximum atomic E-state index is 5.21. The molecule has 0 aromatic heterocycles. The normalized spacial score (nSPS) is 44.0.